The van der Waals surface area contributed by atoms with Gasteiger partial charge in [0.2, 0.25) is 0 Å². The Kier molecular flexibility index (Phi) is 6.22. The van der Waals surface area contributed by atoms with Crippen LogP contribution in [-0.4, -0.2) is 37.7 Å². The molecule has 4 heteroatoms. The van der Waals surface area contributed by atoms with Crippen molar-refractivity contribution in [2.75, 3.05) is 26.8 Å². The van der Waals surface area contributed by atoms with Crippen LogP contribution in [0, 0.1) is 0 Å². The van der Waals surface area contributed by atoms with Crippen molar-refractivity contribution in [1.82, 2.24) is 4.90 Å². The Morgan fingerprint density at radius 1 is 1.17 bits per heavy atom. The van der Waals surface area contributed by atoms with E-state index in [-0.39, 0.29) is 5.97 Å². The average molecular weight is 251 g/mol. The summed E-state index contributed by atoms with van der Waals surface area (Å²) < 4.78 is 10.3. The molecule has 0 bridgehead atoms. The molecule has 4 nitrogen and oxygen atoms in total. The topological polar surface area (TPSA) is 38.8 Å². The van der Waals surface area contributed by atoms with Crippen molar-refractivity contribution in [2.45, 2.75) is 20.4 Å². The Morgan fingerprint density at radius 2 is 1.83 bits per heavy atom. The standard InChI is InChI=1S/C14H21NO3/c1-4-17-13-8-6-12(7-9-13)10-15(3)11-14(16)18-5-2/h6-9H,4-5,10-11H2,1-3H3. The summed E-state index contributed by atoms with van der Waals surface area (Å²) in [7, 11) is 1.90. The lowest BCUT2D eigenvalue weighted by molar-refractivity contribution is -0.144. The number of benzene rings is 1. The molecule has 0 fully saturated rings. The van der Waals surface area contributed by atoms with Crippen LogP contribution in [0.3, 0.4) is 0 Å². The molecule has 0 saturated heterocycles. The first-order valence-electron chi connectivity index (χ1n) is 6.21. The van der Waals surface area contributed by atoms with Gasteiger partial charge in [-0.15, -0.1) is 0 Å². The molecular weight excluding hydrogens is 230 g/mol. The fourth-order valence-corrected chi connectivity index (χ4v) is 1.65. The summed E-state index contributed by atoms with van der Waals surface area (Å²) in [5.74, 6) is 0.681. The highest BCUT2D eigenvalue weighted by Gasteiger charge is 2.07. The highest BCUT2D eigenvalue weighted by molar-refractivity contribution is 5.71. The second-order valence-corrected chi connectivity index (χ2v) is 4.05. The number of likely N-dealkylation sites (N-methyl/N-ethyl adjacent to an activating group) is 1. The summed E-state index contributed by atoms with van der Waals surface area (Å²) in [4.78, 5) is 13.2. The molecule has 1 rings (SSSR count). The molecule has 0 atom stereocenters. The third-order valence-electron chi connectivity index (χ3n) is 2.39. The molecule has 0 saturated carbocycles. The fourth-order valence-electron chi connectivity index (χ4n) is 1.65. The number of ether oxygens (including phenoxy) is 2. The zero-order valence-corrected chi connectivity index (χ0v) is 11.3. The number of esters is 1. The van der Waals surface area contributed by atoms with E-state index < -0.39 is 0 Å². The van der Waals surface area contributed by atoms with Crippen molar-refractivity contribution in [3.63, 3.8) is 0 Å². The number of nitrogens with zero attached hydrogens (tertiary/aromatic N) is 1. The van der Waals surface area contributed by atoms with E-state index in [0.29, 0.717) is 26.3 Å². The number of carbonyl (C=O) groups excluding carboxylic acids is 1. The molecule has 0 heterocycles. The molecule has 1 aromatic rings. The smallest absolute Gasteiger partial charge is 0.320 e. The minimum absolute atomic E-state index is 0.189. The molecule has 100 valence electrons. The lowest BCUT2D eigenvalue weighted by atomic mass is 10.2. The van der Waals surface area contributed by atoms with Crippen LogP contribution in [0.5, 0.6) is 5.75 Å². The summed E-state index contributed by atoms with van der Waals surface area (Å²) in [5, 5.41) is 0. The molecule has 0 aliphatic heterocycles. The van der Waals surface area contributed by atoms with Gasteiger partial charge in [-0.1, -0.05) is 12.1 Å². The average Bonchev–Trinajstić information content (AvgIpc) is 2.32. The molecule has 0 aromatic heterocycles. The van der Waals surface area contributed by atoms with Crippen LogP contribution < -0.4 is 4.74 Å². The highest BCUT2D eigenvalue weighted by atomic mass is 16.5. The second kappa shape index (κ2) is 7.71. The Hall–Kier alpha value is -1.55. The van der Waals surface area contributed by atoms with Gasteiger partial charge in [-0.05, 0) is 38.6 Å². The molecule has 0 aliphatic rings. The third-order valence-corrected chi connectivity index (χ3v) is 2.39. The second-order valence-electron chi connectivity index (χ2n) is 4.05. The van der Waals surface area contributed by atoms with Crippen LogP contribution in [0.15, 0.2) is 24.3 Å². The maximum atomic E-state index is 11.3. The van der Waals surface area contributed by atoms with Gasteiger partial charge in [-0.3, -0.25) is 9.69 Å². The van der Waals surface area contributed by atoms with Gasteiger partial charge in [0, 0.05) is 6.54 Å². The summed E-state index contributed by atoms with van der Waals surface area (Å²) in [6.45, 7) is 5.88. The Labute approximate surface area is 108 Å². The van der Waals surface area contributed by atoms with Crippen molar-refractivity contribution in [2.24, 2.45) is 0 Å². The molecule has 0 amide bonds. The number of rotatable bonds is 7. The Morgan fingerprint density at radius 3 is 2.39 bits per heavy atom. The molecular formula is C14H21NO3. The van der Waals surface area contributed by atoms with Gasteiger partial charge in [0.25, 0.3) is 0 Å². The Balaban J connectivity index is 2.43. The van der Waals surface area contributed by atoms with Crippen molar-refractivity contribution >= 4 is 5.97 Å². The maximum Gasteiger partial charge on any atom is 0.320 e. The largest absolute Gasteiger partial charge is 0.494 e. The Bertz CT molecular complexity index is 362. The molecule has 0 radical (unpaired) electrons. The van der Waals surface area contributed by atoms with Crippen LogP contribution in [-0.2, 0) is 16.1 Å². The van der Waals surface area contributed by atoms with E-state index in [9.17, 15) is 4.79 Å². The number of hydrogen-bond donors (Lipinski definition) is 0. The molecule has 1 aromatic carbocycles. The molecule has 0 aliphatic carbocycles. The zero-order valence-electron chi connectivity index (χ0n) is 11.3. The SMILES string of the molecule is CCOC(=O)CN(C)Cc1ccc(OCC)cc1. The lowest BCUT2D eigenvalue weighted by Crippen LogP contribution is -2.26. The van der Waals surface area contributed by atoms with Gasteiger partial charge < -0.3 is 9.47 Å². The molecule has 0 N–H and O–H groups in total. The van der Waals surface area contributed by atoms with Crippen molar-refractivity contribution in [3.05, 3.63) is 29.8 Å². The fraction of sp³-hybridized carbons (Fsp3) is 0.500. The summed E-state index contributed by atoms with van der Waals surface area (Å²) in [6, 6.07) is 7.90. The first-order valence-corrected chi connectivity index (χ1v) is 6.21. The van der Waals surface area contributed by atoms with Crippen LogP contribution in [0.4, 0.5) is 0 Å². The third kappa shape index (κ3) is 5.19. The van der Waals surface area contributed by atoms with Gasteiger partial charge in [0.1, 0.15) is 5.75 Å². The van der Waals surface area contributed by atoms with Crippen LogP contribution in [0.2, 0.25) is 0 Å². The number of hydrogen-bond acceptors (Lipinski definition) is 4. The predicted octanol–water partition coefficient (Wildman–Crippen LogP) is 2.08. The van der Waals surface area contributed by atoms with Gasteiger partial charge in [-0.2, -0.15) is 0 Å². The van der Waals surface area contributed by atoms with E-state index in [1.54, 1.807) is 0 Å². The summed E-state index contributed by atoms with van der Waals surface area (Å²) in [5.41, 5.74) is 1.14. The maximum absolute atomic E-state index is 11.3. The van der Waals surface area contributed by atoms with E-state index in [4.69, 9.17) is 9.47 Å². The number of carbonyl (C=O) groups is 1. The first kappa shape index (κ1) is 14.5. The quantitative estimate of drug-likeness (QED) is 0.695. The van der Waals surface area contributed by atoms with Gasteiger partial charge in [0.15, 0.2) is 0 Å². The minimum Gasteiger partial charge on any atom is -0.494 e. The van der Waals surface area contributed by atoms with Crippen molar-refractivity contribution < 1.29 is 14.3 Å². The highest BCUT2D eigenvalue weighted by Crippen LogP contribution is 2.13. The van der Waals surface area contributed by atoms with Crippen molar-refractivity contribution in [3.8, 4) is 5.75 Å². The van der Waals surface area contributed by atoms with E-state index in [1.807, 2.05) is 50.1 Å². The van der Waals surface area contributed by atoms with Crippen molar-refractivity contribution in [1.29, 1.82) is 0 Å². The molecule has 0 unspecified atom stereocenters. The van der Waals surface area contributed by atoms with E-state index in [0.717, 1.165) is 11.3 Å². The van der Waals surface area contributed by atoms with Gasteiger partial charge in [-0.25, -0.2) is 0 Å². The van der Waals surface area contributed by atoms with E-state index in [2.05, 4.69) is 0 Å². The first-order chi connectivity index (χ1) is 8.65. The van der Waals surface area contributed by atoms with Gasteiger partial charge in [0.05, 0.1) is 19.8 Å². The van der Waals surface area contributed by atoms with E-state index >= 15 is 0 Å². The minimum atomic E-state index is -0.189. The van der Waals surface area contributed by atoms with Crippen LogP contribution in [0.25, 0.3) is 0 Å². The molecule has 0 spiro atoms. The summed E-state index contributed by atoms with van der Waals surface area (Å²) >= 11 is 0. The van der Waals surface area contributed by atoms with E-state index in [1.165, 1.54) is 0 Å². The molecule has 18 heavy (non-hydrogen) atoms. The van der Waals surface area contributed by atoms with Crippen LogP contribution in [0.1, 0.15) is 19.4 Å². The predicted molar refractivity (Wildman–Crippen MR) is 70.6 cm³/mol. The summed E-state index contributed by atoms with van der Waals surface area (Å²) in [6.07, 6.45) is 0. The van der Waals surface area contributed by atoms with Crippen LogP contribution >= 0.6 is 0 Å². The normalized spacial score (nSPS) is 10.4. The van der Waals surface area contributed by atoms with Gasteiger partial charge >= 0.3 is 5.97 Å². The lowest BCUT2D eigenvalue weighted by Gasteiger charge is -2.15. The zero-order chi connectivity index (χ0) is 13.4. The monoisotopic (exact) mass is 251 g/mol.